The Morgan fingerprint density at radius 2 is 1.86 bits per heavy atom. The third kappa shape index (κ3) is 3.08. The van der Waals surface area contributed by atoms with Crippen LogP contribution in [0.3, 0.4) is 0 Å². The van der Waals surface area contributed by atoms with Crippen LogP contribution >= 0.6 is 0 Å². The standard InChI is InChI=1S/C18H20F3N3O5/c1-29-15-13-11(17(27)22-18(28)24(13)7-2-3-7)10(16(20)21)12(19)14(15)23-5-4-8(25)9(26)6-23/h7-9,16,25-26H,2-6H2,1H3,(H,22,27,28). The van der Waals surface area contributed by atoms with E-state index in [2.05, 4.69) is 0 Å². The third-order valence-corrected chi connectivity index (χ3v) is 5.48. The predicted octanol–water partition coefficient (Wildman–Crippen LogP) is 1.04. The van der Waals surface area contributed by atoms with Crippen molar-refractivity contribution in [1.82, 2.24) is 9.55 Å². The zero-order chi connectivity index (χ0) is 21.0. The molecule has 2 heterocycles. The molecule has 3 N–H and O–H groups in total. The van der Waals surface area contributed by atoms with Crippen LogP contribution in [0.1, 0.15) is 37.3 Å². The van der Waals surface area contributed by atoms with Gasteiger partial charge in [0.25, 0.3) is 12.0 Å². The fraction of sp³-hybridized carbons (Fsp3) is 0.556. The van der Waals surface area contributed by atoms with Crippen LogP contribution < -0.4 is 20.9 Å². The van der Waals surface area contributed by atoms with Crippen LogP contribution in [0, 0.1) is 5.82 Å². The van der Waals surface area contributed by atoms with E-state index in [0.29, 0.717) is 12.8 Å². The number of anilines is 1. The Morgan fingerprint density at radius 3 is 2.41 bits per heavy atom. The average Bonchev–Trinajstić information content (AvgIpc) is 3.48. The number of aliphatic hydroxyl groups is 2. The molecule has 29 heavy (non-hydrogen) atoms. The Kier molecular flexibility index (Phi) is 4.82. The van der Waals surface area contributed by atoms with Gasteiger partial charge in [0.1, 0.15) is 11.2 Å². The van der Waals surface area contributed by atoms with Crippen molar-refractivity contribution in [2.75, 3.05) is 25.1 Å². The van der Waals surface area contributed by atoms with E-state index in [9.17, 15) is 28.6 Å². The van der Waals surface area contributed by atoms with Crippen molar-refractivity contribution in [2.45, 2.75) is 43.9 Å². The molecule has 0 radical (unpaired) electrons. The number of nitrogens with one attached hydrogen (secondary N) is 1. The summed E-state index contributed by atoms with van der Waals surface area (Å²) in [7, 11) is 1.19. The number of aliphatic hydroxyl groups excluding tert-OH is 2. The number of β-amino-alcohol motifs (C(OH)–C–C–N with tert-alkyl or cyclic N) is 1. The second kappa shape index (κ2) is 7.06. The first-order chi connectivity index (χ1) is 13.8. The van der Waals surface area contributed by atoms with Crippen molar-refractivity contribution in [1.29, 1.82) is 0 Å². The van der Waals surface area contributed by atoms with Gasteiger partial charge in [0.05, 0.1) is 30.3 Å². The Hall–Kier alpha value is -2.53. The van der Waals surface area contributed by atoms with Crippen LogP contribution in [0.4, 0.5) is 18.9 Å². The molecule has 0 bridgehead atoms. The number of nitrogens with zero attached hydrogens (tertiary/aromatic N) is 2. The van der Waals surface area contributed by atoms with Gasteiger partial charge in [-0.25, -0.2) is 18.0 Å². The van der Waals surface area contributed by atoms with Crippen LogP contribution in [-0.2, 0) is 0 Å². The number of fused-ring (bicyclic) bond motifs is 1. The summed E-state index contributed by atoms with van der Waals surface area (Å²) in [6.45, 7) is -0.157. The molecule has 158 valence electrons. The van der Waals surface area contributed by atoms with Gasteiger partial charge >= 0.3 is 5.69 Å². The topological polar surface area (TPSA) is 108 Å². The van der Waals surface area contributed by atoms with Crippen molar-refractivity contribution >= 4 is 16.6 Å². The molecule has 1 saturated heterocycles. The number of ether oxygens (including phenoxy) is 1. The summed E-state index contributed by atoms with van der Waals surface area (Å²) in [6.07, 6.45) is -4.28. The molecule has 1 saturated carbocycles. The SMILES string of the molecule is COc1c(N2CCC(O)C(O)C2)c(F)c(C(F)F)c2c(=O)[nH]c(=O)n(C3CC3)c12. The van der Waals surface area contributed by atoms with Crippen LogP contribution in [0.5, 0.6) is 5.75 Å². The number of aromatic nitrogens is 2. The third-order valence-electron chi connectivity index (χ3n) is 5.48. The predicted molar refractivity (Wildman–Crippen MR) is 97.4 cm³/mol. The van der Waals surface area contributed by atoms with Crippen molar-refractivity contribution in [3.8, 4) is 5.75 Å². The molecule has 0 amide bonds. The van der Waals surface area contributed by atoms with E-state index in [0.717, 1.165) is 0 Å². The second-order valence-corrected chi connectivity index (χ2v) is 7.36. The molecule has 8 nitrogen and oxygen atoms in total. The number of benzene rings is 1. The highest BCUT2D eigenvalue weighted by Crippen LogP contribution is 2.46. The van der Waals surface area contributed by atoms with Gasteiger partial charge in [-0.1, -0.05) is 0 Å². The lowest BCUT2D eigenvalue weighted by Crippen LogP contribution is -2.47. The highest BCUT2D eigenvalue weighted by molar-refractivity contribution is 5.94. The maximum atomic E-state index is 15.4. The number of halogens is 3. The van der Waals surface area contributed by atoms with Gasteiger partial charge in [-0.2, -0.15) is 0 Å². The molecule has 1 aromatic heterocycles. The van der Waals surface area contributed by atoms with Crippen LogP contribution in [0.15, 0.2) is 9.59 Å². The van der Waals surface area contributed by atoms with Gasteiger partial charge < -0.3 is 19.8 Å². The quantitative estimate of drug-likeness (QED) is 0.689. The summed E-state index contributed by atoms with van der Waals surface area (Å²) in [4.78, 5) is 28.1. The number of piperidine rings is 1. The molecule has 1 aromatic carbocycles. The van der Waals surface area contributed by atoms with E-state index >= 15 is 4.39 Å². The van der Waals surface area contributed by atoms with E-state index in [4.69, 9.17) is 4.74 Å². The number of hydrogen-bond acceptors (Lipinski definition) is 6. The Labute approximate surface area is 162 Å². The summed E-state index contributed by atoms with van der Waals surface area (Å²) >= 11 is 0. The molecule has 2 unspecified atom stereocenters. The van der Waals surface area contributed by atoms with Gasteiger partial charge in [-0.3, -0.25) is 14.3 Å². The summed E-state index contributed by atoms with van der Waals surface area (Å²) in [5, 5.41) is 19.1. The highest BCUT2D eigenvalue weighted by Gasteiger charge is 2.37. The largest absolute Gasteiger partial charge is 0.492 e. The first-order valence-electron chi connectivity index (χ1n) is 9.23. The molecule has 1 aliphatic carbocycles. The van der Waals surface area contributed by atoms with Crippen molar-refractivity contribution in [3.63, 3.8) is 0 Å². The first-order valence-corrected chi connectivity index (χ1v) is 9.23. The average molecular weight is 415 g/mol. The highest BCUT2D eigenvalue weighted by atomic mass is 19.3. The second-order valence-electron chi connectivity index (χ2n) is 7.36. The van der Waals surface area contributed by atoms with E-state index in [-0.39, 0.29) is 42.5 Å². The summed E-state index contributed by atoms with van der Waals surface area (Å²) in [5.74, 6) is -1.57. The number of hydrogen-bond donors (Lipinski definition) is 3. The maximum Gasteiger partial charge on any atom is 0.329 e. The molecule has 2 aromatic rings. The molecule has 1 aliphatic heterocycles. The summed E-state index contributed by atoms with van der Waals surface area (Å²) < 4.78 is 49.6. The summed E-state index contributed by atoms with van der Waals surface area (Å²) in [5.41, 5.74) is -3.56. The van der Waals surface area contributed by atoms with Crippen molar-refractivity contribution in [2.24, 2.45) is 0 Å². The Bertz CT molecular complexity index is 1080. The van der Waals surface area contributed by atoms with Crippen molar-refractivity contribution in [3.05, 3.63) is 32.2 Å². The normalized spacial score (nSPS) is 22.5. The number of rotatable bonds is 4. The number of methoxy groups -OCH3 is 1. The first kappa shape index (κ1) is 19.8. The van der Waals surface area contributed by atoms with Gasteiger partial charge in [0, 0.05) is 19.1 Å². The lowest BCUT2D eigenvalue weighted by atomic mass is 10.0. The van der Waals surface area contributed by atoms with E-state index < -0.39 is 46.6 Å². The van der Waals surface area contributed by atoms with Gasteiger partial charge in [0.2, 0.25) is 0 Å². The molecular weight excluding hydrogens is 395 g/mol. The molecule has 4 rings (SSSR count). The van der Waals surface area contributed by atoms with Crippen molar-refractivity contribution < 1.29 is 28.1 Å². The minimum absolute atomic E-state index is 0.0660. The lowest BCUT2D eigenvalue weighted by molar-refractivity contribution is 0.00778. The van der Waals surface area contributed by atoms with Gasteiger partial charge in [0.15, 0.2) is 11.6 Å². The molecule has 11 heteroatoms. The number of aromatic amines is 1. The molecule has 2 aliphatic rings. The summed E-state index contributed by atoms with van der Waals surface area (Å²) in [6, 6.07) is -0.312. The van der Waals surface area contributed by atoms with Crippen LogP contribution in [0.2, 0.25) is 0 Å². The lowest BCUT2D eigenvalue weighted by Gasteiger charge is -2.36. The molecule has 2 atom stereocenters. The minimum atomic E-state index is -3.33. The fourth-order valence-electron chi connectivity index (χ4n) is 3.96. The minimum Gasteiger partial charge on any atom is -0.492 e. The van der Waals surface area contributed by atoms with Gasteiger partial charge in [-0.15, -0.1) is 0 Å². The number of alkyl halides is 2. The smallest absolute Gasteiger partial charge is 0.329 e. The monoisotopic (exact) mass is 415 g/mol. The van der Waals surface area contributed by atoms with Crippen LogP contribution in [-0.4, -0.2) is 52.2 Å². The van der Waals surface area contributed by atoms with E-state index in [1.54, 1.807) is 0 Å². The van der Waals surface area contributed by atoms with E-state index in [1.807, 2.05) is 4.98 Å². The maximum absolute atomic E-state index is 15.4. The molecule has 2 fully saturated rings. The number of H-pyrrole nitrogens is 1. The van der Waals surface area contributed by atoms with Gasteiger partial charge in [-0.05, 0) is 19.3 Å². The zero-order valence-corrected chi connectivity index (χ0v) is 15.5. The Balaban J connectivity index is 2.11. The Morgan fingerprint density at radius 1 is 1.17 bits per heavy atom. The zero-order valence-electron chi connectivity index (χ0n) is 15.5. The van der Waals surface area contributed by atoms with Crippen LogP contribution in [0.25, 0.3) is 10.9 Å². The fourth-order valence-corrected chi connectivity index (χ4v) is 3.96. The molecular formula is C18H20F3N3O5. The molecule has 0 spiro atoms. The van der Waals surface area contributed by atoms with E-state index in [1.165, 1.54) is 16.6 Å².